The molecular weight excluding hydrogens is 230 g/mol. The Bertz CT molecular complexity index is 404. The molecule has 5 nitrogen and oxygen atoms in total. The Morgan fingerprint density at radius 3 is 2.89 bits per heavy atom. The molecule has 1 aliphatic rings. The molecule has 1 saturated heterocycles. The number of nitrogens with zero attached hydrogens (tertiary/aromatic N) is 2. The molecule has 18 heavy (non-hydrogen) atoms. The van der Waals surface area contributed by atoms with Crippen molar-refractivity contribution < 1.29 is 9.53 Å². The van der Waals surface area contributed by atoms with Gasteiger partial charge < -0.3 is 15.0 Å². The highest BCUT2D eigenvalue weighted by Crippen LogP contribution is 2.15. The summed E-state index contributed by atoms with van der Waals surface area (Å²) in [7, 11) is 1.77. The molecule has 0 spiro atoms. The van der Waals surface area contributed by atoms with Gasteiger partial charge in [0.1, 0.15) is 6.61 Å². The quantitative estimate of drug-likeness (QED) is 0.821. The first kappa shape index (κ1) is 13.0. The van der Waals surface area contributed by atoms with E-state index in [1.165, 1.54) is 0 Å². The first-order valence-corrected chi connectivity index (χ1v) is 6.08. The third-order valence-corrected chi connectivity index (χ3v) is 3.09. The predicted octanol–water partition coefficient (Wildman–Crippen LogP) is 0.418. The maximum atomic E-state index is 11.9. The number of pyridine rings is 1. The van der Waals surface area contributed by atoms with E-state index in [-0.39, 0.29) is 18.1 Å². The highest BCUT2D eigenvalue weighted by atomic mass is 16.5. The highest BCUT2D eigenvalue weighted by molar-refractivity contribution is 5.77. The van der Waals surface area contributed by atoms with Crippen molar-refractivity contribution in [2.75, 3.05) is 26.7 Å². The van der Waals surface area contributed by atoms with Crippen molar-refractivity contribution in [2.24, 2.45) is 0 Å². The number of hydrogen-bond donors (Lipinski definition) is 1. The van der Waals surface area contributed by atoms with Gasteiger partial charge in [-0.25, -0.2) is 0 Å². The second kappa shape index (κ2) is 5.46. The lowest BCUT2D eigenvalue weighted by atomic mass is 10.0. The van der Waals surface area contributed by atoms with E-state index in [0.29, 0.717) is 6.54 Å². The molecule has 5 heteroatoms. The SMILES string of the molecule is CN(Cc1ccccn1)C(=O)COC1(C)CNC1. The topological polar surface area (TPSA) is 54.5 Å². The molecule has 1 fully saturated rings. The minimum absolute atomic E-state index is 0.0196. The maximum Gasteiger partial charge on any atom is 0.248 e. The van der Waals surface area contributed by atoms with Crippen LogP contribution < -0.4 is 5.32 Å². The fourth-order valence-corrected chi connectivity index (χ4v) is 1.75. The van der Waals surface area contributed by atoms with Crippen LogP contribution in [0.2, 0.25) is 0 Å². The van der Waals surface area contributed by atoms with Gasteiger partial charge in [0.25, 0.3) is 0 Å². The van der Waals surface area contributed by atoms with Crippen LogP contribution in [-0.4, -0.2) is 48.1 Å². The Balaban J connectivity index is 1.78. The molecule has 1 aromatic heterocycles. The summed E-state index contributed by atoms with van der Waals surface area (Å²) < 4.78 is 5.61. The number of nitrogens with one attached hydrogen (secondary N) is 1. The Morgan fingerprint density at radius 1 is 1.56 bits per heavy atom. The average Bonchev–Trinajstić information content (AvgIpc) is 2.34. The molecule has 1 aromatic rings. The average molecular weight is 249 g/mol. The maximum absolute atomic E-state index is 11.9. The van der Waals surface area contributed by atoms with Gasteiger partial charge in [0.2, 0.25) is 5.91 Å². The van der Waals surface area contributed by atoms with Crippen molar-refractivity contribution in [3.05, 3.63) is 30.1 Å². The third kappa shape index (κ3) is 3.27. The van der Waals surface area contributed by atoms with Gasteiger partial charge >= 0.3 is 0 Å². The summed E-state index contributed by atoms with van der Waals surface area (Å²) in [5.74, 6) is -0.0196. The lowest BCUT2D eigenvalue weighted by Crippen LogP contribution is -2.59. The molecule has 1 N–H and O–H groups in total. The van der Waals surface area contributed by atoms with Crippen molar-refractivity contribution in [1.29, 1.82) is 0 Å². The zero-order chi connectivity index (χ0) is 13.0. The third-order valence-electron chi connectivity index (χ3n) is 3.09. The van der Waals surface area contributed by atoms with Crippen LogP contribution in [0.3, 0.4) is 0 Å². The Hall–Kier alpha value is -1.46. The lowest BCUT2D eigenvalue weighted by Gasteiger charge is -2.39. The lowest BCUT2D eigenvalue weighted by molar-refractivity contribution is -0.145. The van der Waals surface area contributed by atoms with E-state index in [4.69, 9.17) is 4.74 Å². The molecule has 2 heterocycles. The summed E-state index contributed by atoms with van der Waals surface area (Å²) in [5, 5.41) is 3.13. The monoisotopic (exact) mass is 249 g/mol. The molecule has 0 aliphatic carbocycles. The van der Waals surface area contributed by atoms with Crippen molar-refractivity contribution >= 4 is 5.91 Å². The molecule has 0 bridgehead atoms. The Morgan fingerprint density at radius 2 is 2.33 bits per heavy atom. The summed E-state index contributed by atoms with van der Waals surface area (Å²) >= 11 is 0. The van der Waals surface area contributed by atoms with Crippen LogP contribution in [0.1, 0.15) is 12.6 Å². The largest absolute Gasteiger partial charge is 0.363 e. The summed E-state index contributed by atoms with van der Waals surface area (Å²) in [4.78, 5) is 17.7. The van der Waals surface area contributed by atoms with Crippen molar-refractivity contribution in [1.82, 2.24) is 15.2 Å². The van der Waals surface area contributed by atoms with Gasteiger partial charge in [-0.1, -0.05) is 6.07 Å². The van der Waals surface area contributed by atoms with E-state index in [9.17, 15) is 4.79 Å². The smallest absolute Gasteiger partial charge is 0.248 e. The van der Waals surface area contributed by atoms with E-state index < -0.39 is 0 Å². The van der Waals surface area contributed by atoms with E-state index >= 15 is 0 Å². The van der Waals surface area contributed by atoms with Gasteiger partial charge in [-0.15, -0.1) is 0 Å². The second-order valence-electron chi connectivity index (χ2n) is 4.91. The summed E-state index contributed by atoms with van der Waals surface area (Å²) in [6.07, 6.45) is 1.73. The van der Waals surface area contributed by atoms with Gasteiger partial charge in [-0.2, -0.15) is 0 Å². The number of carbonyl (C=O) groups is 1. The van der Waals surface area contributed by atoms with Gasteiger partial charge in [-0.3, -0.25) is 9.78 Å². The van der Waals surface area contributed by atoms with Gasteiger partial charge in [0.15, 0.2) is 0 Å². The molecule has 0 saturated carbocycles. The van der Waals surface area contributed by atoms with E-state index in [1.54, 1.807) is 18.1 Å². The summed E-state index contributed by atoms with van der Waals surface area (Å²) in [5.41, 5.74) is 0.700. The minimum Gasteiger partial charge on any atom is -0.363 e. The molecule has 0 radical (unpaired) electrons. The van der Waals surface area contributed by atoms with Gasteiger partial charge in [-0.05, 0) is 19.1 Å². The van der Waals surface area contributed by atoms with Crippen LogP contribution in [0.4, 0.5) is 0 Å². The van der Waals surface area contributed by atoms with E-state index in [2.05, 4.69) is 10.3 Å². The molecule has 1 amide bonds. The number of likely N-dealkylation sites (N-methyl/N-ethyl adjacent to an activating group) is 1. The standard InChI is InChI=1S/C13H19N3O2/c1-13(9-14-10-13)18-8-12(17)16(2)7-11-5-3-4-6-15-11/h3-6,14H,7-10H2,1-2H3. The second-order valence-corrected chi connectivity index (χ2v) is 4.91. The zero-order valence-corrected chi connectivity index (χ0v) is 10.8. The highest BCUT2D eigenvalue weighted by Gasteiger charge is 2.33. The van der Waals surface area contributed by atoms with Crippen LogP contribution in [-0.2, 0) is 16.1 Å². The Labute approximate surface area is 107 Å². The summed E-state index contributed by atoms with van der Waals surface area (Å²) in [6, 6.07) is 5.68. The fourth-order valence-electron chi connectivity index (χ4n) is 1.75. The molecule has 98 valence electrons. The van der Waals surface area contributed by atoms with Crippen molar-refractivity contribution in [3.8, 4) is 0 Å². The minimum atomic E-state index is -0.179. The van der Waals surface area contributed by atoms with Crippen LogP contribution in [0.25, 0.3) is 0 Å². The summed E-state index contributed by atoms with van der Waals surface area (Å²) in [6.45, 7) is 4.27. The van der Waals surface area contributed by atoms with E-state index in [0.717, 1.165) is 18.8 Å². The number of aromatic nitrogens is 1. The first-order valence-electron chi connectivity index (χ1n) is 6.08. The Kier molecular flexibility index (Phi) is 3.93. The van der Waals surface area contributed by atoms with Crippen LogP contribution >= 0.6 is 0 Å². The van der Waals surface area contributed by atoms with Crippen molar-refractivity contribution in [3.63, 3.8) is 0 Å². The molecule has 0 atom stereocenters. The number of rotatable bonds is 5. The van der Waals surface area contributed by atoms with E-state index in [1.807, 2.05) is 25.1 Å². The van der Waals surface area contributed by atoms with Crippen LogP contribution in [0.5, 0.6) is 0 Å². The van der Waals surface area contributed by atoms with Gasteiger partial charge in [0.05, 0.1) is 17.8 Å². The van der Waals surface area contributed by atoms with Crippen LogP contribution in [0, 0.1) is 0 Å². The molecule has 1 aliphatic heterocycles. The first-order chi connectivity index (χ1) is 8.59. The zero-order valence-electron chi connectivity index (χ0n) is 10.8. The fraction of sp³-hybridized carbons (Fsp3) is 0.538. The van der Waals surface area contributed by atoms with Gasteiger partial charge in [0, 0.05) is 26.3 Å². The van der Waals surface area contributed by atoms with Crippen LogP contribution in [0.15, 0.2) is 24.4 Å². The molecule has 0 unspecified atom stereocenters. The molecule has 0 aromatic carbocycles. The molecular formula is C13H19N3O2. The number of carbonyl (C=O) groups excluding carboxylic acids is 1. The normalized spacial score (nSPS) is 17.0. The number of amides is 1. The number of ether oxygens (including phenoxy) is 1. The number of hydrogen-bond acceptors (Lipinski definition) is 4. The van der Waals surface area contributed by atoms with Crippen molar-refractivity contribution in [2.45, 2.75) is 19.1 Å². The molecule has 2 rings (SSSR count). The predicted molar refractivity (Wildman–Crippen MR) is 67.9 cm³/mol.